The maximum absolute atomic E-state index is 8.53. The molecule has 0 aliphatic rings. The van der Waals surface area contributed by atoms with Crippen LogP contribution in [0.5, 0.6) is 5.75 Å². The molecule has 0 spiro atoms. The molecule has 0 N–H and O–H groups in total. The van der Waals surface area contributed by atoms with E-state index in [-0.39, 0.29) is 6.10 Å². The quantitative estimate of drug-likeness (QED) is 0.729. The van der Waals surface area contributed by atoms with Crippen molar-refractivity contribution in [2.24, 2.45) is 0 Å². The summed E-state index contributed by atoms with van der Waals surface area (Å²) >= 11 is 0. The zero-order chi connectivity index (χ0) is 13.7. The third kappa shape index (κ3) is 3.51. The Hall–Kier alpha value is -1.95. The molecule has 0 saturated heterocycles. The van der Waals surface area contributed by atoms with Crippen LogP contribution < -0.4 is 4.74 Å². The van der Waals surface area contributed by atoms with E-state index in [0.717, 1.165) is 25.1 Å². The summed E-state index contributed by atoms with van der Waals surface area (Å²) in [4.78, 5) is 0. The van der Waals surface area contributed by atoms with E-state index >= 15 is 0 Å². The van der Waals surface area contributed by atoms with E-state index in [4.69, 9.17) is 10.00 Å². The minimum atomic E-state index is 0.200. The second-order valence-corrected chi connectivity index (χ2v) is 5.01. The molecule has 0 unspecified atom stereocenters. The highest BCUT2D eigenvalue weighted by Crippen LogP contribution is 2.23. The van der Waals surface area contributed by atoms with Crippen LogP contribution in [0.25, 0.3) is 10.9 Å². The molecule has 0 amide bonds. The highest BCUT2D eigenvalue weighted by Gasteiger charge is 2.04. The molecular weight excluding hydrogens is 236 g/mol. The van der Waals surface area contributed by atoms with Gasteiger partial charge in [0.2, 0.25) is 0 Å². The maximum atomic E-state index is 8.53. The Bertz CT molecular complexity index is 578. The van der Waals surface area contributed by atoms with Crippen molar-refractivity contribution in [3.05, 3.63) is 30.5 Å². The van der Waals surface area contributed by atoms with Crippen LogP contribution >= 0.6 is 0 Å². The van der Waals surface area contributed by atoms with Crippen LogP contribution in [0.2, 0.25) is 0 Å². The molecular formula is C16H20N2O. The summed E-state index contributed by atoms with van der Waals surface area (Å²) in [5, 5.41) is 9.73. The highest BCUT2D eigenvalue weighted by atomic mass is 16.5. The summed E-state index contributed by atoms with van der Waals surface area (Å²) in [5.41, 5.74) is 1.23. The molecule has 0 aliphatic heterocycles. The lowest BCUT2D eigenvalue weighted by atomic mass is 10.2. The smallest absolute Gasteiger partial charge is 0.120 e. The first-order valence-electron chi connectivity index (χ1n) is 6.83. The minimum absolute atomic E-state index is 0.200. The van der Waals surface area contributed by atoms with Gasteiger partial charge in [0.25, 0.3) is 0 Å². The zero-order valence-corrected chi connectivity index (χ0v) is 11.6. The number of nitriles is 1. The number of ether oxygens (including phenoxy) is 1. The summed E-state index contributed by atoms with van der Waals surface area (Å²) in [7, 11) is 0. The Balaban J connectivity index is 2.09. The van der Waals surface area contributed by atoms with Gasteiger partial charge < -0.3 is 9.30 Å². The average Bonchev–Trinajstić information content (AvgIpc) is 2.76. The molecule has 3 heteroatoms. The first-order chi connectivity index (χ1) is 9.20. The number of unbranched alkanes of at least 4 members (excludes halogenated alkanes) is 2. The van der Waals surface area contributed by atoms with Crippen molar-refractivity contribution >= 4 is 10.9 Å². The van der Waals surface area contributed by atoms with Crippen molar-refractivity contribution in [2.75, 3.05) is 0 Å². The van der Waals surface area contributed by atoms with Crippen molar-refractivity contribution in [2.45, 2.75) is 45.8 Å². The molecule has 0 radical (unpaired) electrons. The van der Waals surface area contributed by atoms with E-state index in [1.165, 1.54) is 10.9 Å². The summed E-state index contributed by atoms with van der Waals surface area (Å²) in [6.07, 6.45) is 4.96. The van der Waals surface area contributed by atoms with Crippen molar-refractivity contribution in [3.63, 3.8) is 0 Å². The Morgan fingerprint density at radius 2 is 2.11 bits per heavy atom. The fourth-order valence-electron chi connectivity index (χ4n) is 2.20. The Labute approximate surface area is 114 Å². The molecule has 3 nitrogen and oxygen atoms in total. The van der Waals surface area contributed by atoms with Gasteiger partial charge in [-0.05, 0) is 51.0 Å². The topological polar surface area (TPSA) is 38.0 Å². The predicted molar refractivity (Wildman–Crippen MR) is 77.2 cm³/mol. The molecule has 2 rings (SSSR count). The second-order valence-electron chi connectivity index (χ2n) is 5.01. The van der Waals surface area contributed by atoms with E-state index in [1.807, 2.05) is 19.9 Å². The van der Waals surface area contributed by atoms with Gasteiger partial charge in [0, 0.05) is 30.1 Å². The zero-order valence-electron chi connectivity index (χ0n) is 11.6. The van der Waals surface area contributed by atoms with E-state index in [1.54, 1.807) is 0 Å². The second kappa shape index (κ2) is 6.29. The van der Waals surface area contributed by atoms with Crippen LogP contribution in [0.4, 0.5) is 0 Å². The van der Waals surface area contributed by atoms with Crippen molar-refractivity contribution in [1.29, 1.82) is 5.26 Å². The van der Waals surface area contributed by atoms with Crippen molar-refractivity contribution in [3.8, 4) is 11.8 Å². The van der Waals surface area contributed by atoms with Gasteiger partial charge in [-0.1, -0.05) is 0 Å². The largest absolute Gasteiger partial charge is 0.491 e. The predicted octanol–water partition coefficient (Wildman–Crippen LogP) is 4.12. The molecule has 0 bridgehead atoms. The van der Waals surface area contributed by atoms with E-state index in [2.05, 4.69) is 35.0 Å². The first-order valence-corrected chi connectivity index (χ1v) is 6.83. The SMILES string of the molecule is CC(C)Oc1ccc2c(ccn2CCCCC#N)c1. The normalized spacial score (nSPS) is 10.8. The number of aromatic nitrogens is 1. The third-order valence-electron chi connectivity index (χ3n) is 3.05. The molecule has 0 aliphatic carbocycles. The van der Waals surface area contributed by atoms with Crippen LogP contribution in [0.15, 0.2) is 30.5 Å². The molecule has 0 atom stereocenters. The Kier molecular flexibility index (Phi) is 4.46. The average molecular weight is 256 g/mol. The van der Waals surface area contributed by atoms with Crippen LogP contribution in [-0.4, -0.2) is 10.7 Å². The molecule has 1 aromatic carbocycles. The molecule has 0 saturated carbocycles. The Morgan fingerprint density at radius 1 is 1.26 bits per heavy atom. The van der Waals surface area contributed by atoms with E-state index in [0.29, 0.717) is 6.42 Å². The van der Waals surface area contributed by atoms with E-state index < -0.39 is 0 Å². The third-order valence-corrected chi connectivity index (χ3v) is 3.05. The lowest BCUT2D eigenvalue weighted by Crippen LogP contribution is -2.05. The molecule has 19 heavy (non-hydrogen) atoms. The van der Waals surface area contributed by atoms with Gasteiger partial charge >= 0.3 is 0 Å². The molecule has 0 fully saturated rings. The van der Waals surface area contributed by atoms with Gasteiger partial charge in [-0.3, -0.25) is 0 Å². The monoisotopic (exact) mass is 256 g/mol. The fraction of sp³-hybridized carbons (Fsp3) is 0.438. The molecule has 100 valence electrons. The number of fused-ring (bicyclic) bond motifs is 1. The van der Waals surface area contributed by atoms with Gasteiger partial charge in [0.05, 0.1) is 12.2 Å². The van der Waals surface area contributed by atoms with Gasteiger partial charge in [-0.2, -0.15) is 5.26 Å². The fourth-order valence-corrected chi connectivity index (χ4v) is 2.20. The van der Waals surface area contributed by atoms with Gasteiger partial charge in [0.1, 0.15) is 5.75 Å². The summed E-state index contributed by atoms with van der Waals surface area (Å²) in [6.45, 7) is 5.03. The van der Waals surface area contributed by atoms with Crippen LogP contribution in [0, 0.1) is 11.3 Å². The summed E-state index contributed by atoms with van der Waals surface area (Å²) < 4.78 is 7.94. The van der Waals surface area contributed by atoms with Crippen LogP contribution in [-0.2, 0) is 6.54 Å². The molecule has 1 aromatic heterocycles. The molecule has 1 heterocycles. The first kappa shape index (κ1) is 13.5. The summed E-state index contributed by atoms with van der Waals surface area (Å²) in [6, 6.07) is 10.5. The van der Waals surface area contributed by atoms with Gasteiger partial charge in [-0.15, -0.1) is 0 Å². The number of benzene rings is 1. The van der Waals surface area contributed by atoms with Gasteiger partial charge in [-0.25, -0.2) is 0 Å². The number of aryl methyl sites for hydroxylation is 1. The number of hydrogen-bond acceptors (Lipinski definition) is 2. The Morgan fingerprint density at radius 3 is 2.84 bits per heavy atom. The standard InChI is InChI=1S/C16H20N2O/c1-13(2)19-15-6-7-16-14(12-15)8-11-18(16)10-5-3-4-9-17/h6-8,11-13H,3-5,10H2,1-2H3. The lowest BCUT2D eigenvalue weighted by molar-refractivity contribution is 0.243. The number of hydrogen-bond donors (Lipinski definition) is 0. The number of nitrogens with zero attached hydrogens (tertiary/aromatic N) is 2. The number of rotatable bonds is 6. The lowest BCUT2D eigenvalue weighted by Gasteiger charge is -2.10. The molecule has 2 aromatic rings. The van der Waals surface area contributed by atoms with Crippen LogP contribution in [0.3, 0.4) is 0 Å². The van der Waals surface area contributed by atoms with E-state index in [9.17, 15) is 0 Å². The van der Waals surface area contributed by atoms with Crippen LogP contribution in [0.1, 0.15) is 33.1 Å². The van der Waals surface area contributed by atoms with Gasteiger partial charge in [0.15, 0.2) is 0 Å². The van der Waals surface area contributed by atoms with Crippen molar-refractivity contribution < 1.29 is 4.74 Å². The van der Waals surface area contributed by atoms with Crippen molar-refractivity contribution in [1.82, 2.24) is 4.57 Å². The minimum Gasteiger partial charge on any atom is -0.491 e. The summed E-state index contributed by atoms with van der Waals surface area (Å²) in [5.74, 6) is 0.921. The highest BCUT2D eigenvalue weighted by molar-refractivity contribution is 5.81. The maximum Gasteiger partial charge on any atom is 0.120 e.